The molecule has 0 spiro atoms. The highest BCUT2D eigenvalue weighted by Gasteiger charge is 2.21. The second kappa shape index (κ2) is 3.85. The van der Waals surface area contributed by atoms with Gasteiger partial charge in [-0.05, 0) is 26.0 Å². The molecular weight excluding hydrogens is 194 g/mol. The van der Waals surface area contributed by atoms with Gasteiger partial charge in [0.2, 0.25) is 0 Å². The second-order valence-electron chi connectivity index (χ2n) is 3.86. The standard InChI is InChI=1S/C10H17N3S/c1-7(2)13-9-6-14-5-4-8(9)10(11-3)12-13/h7H,4-6H2,1-3H3,(H,11,12). The molecule has 1 aromatic rings. The molecule has 0 aromatic carbocycles. The van der Waals surface area contributed by atoms with Crippen molar-refractivity contribution in [2.75, 3.05) is 18.1 Å². The number of nitrogens with one attached hydrogen (secondary N) is 1. The number of thioether (sulfide) groups is 1. The van der Waals surface area contributed by atoms with Gasteiger partial charge in [-0.25, -0.2) is 0 Å². The van der Waals surface area contributed by atoms with Crippen LogP contribution in [0.25, 0.3) is 0 Å². The molecule has 3 nitrogen and oxygen atoms in total. The van der Waals surface area contributed by atoms with Gasteiger partial charge in [0.15, 0.2) is 5.82 Å². The van der Waals surface area contributed by atoms with Crippen LogP contribution in [0.4, 0.5) is 5.82 Å². The molecule has 0 amide bonds. The van der Waals surface area contributed by atoms with Gasteiger partial charge in [-0.3, -0.25) is 4.68 Å². The Morgan fingerprint density at radius 1 is 1.50 bits per heavy atom. The van der Waals surface area contributed by atoms with Gasteiger partial charge in [-0.15, -0.1) is 0 Å². The predicted octanol–water partition coefficient (Wildman–Crippen LogP) is 2.29. The van der Waals surface area contributed by atoms with Crippen molar-refractivity contribution in [2.45, 2.75) is 32.1 Å². The van der Waals surface area contributed by atoms with Crippen LogP contribution in [-0.2, 0) is 12.2 Å². The highest BCUT2D eigenvalue weighted by molar-refractivity contribution is 7.98. The zero-order valence-corrected chi connectivity index (χ0v) is 9.82. The summed E-state index contributed by atoms with van der Waals surface area (Å²) in [6.45, 7) is 4.37. The molecule has 4 heteroatoms. The number of aromatic nitrogens is 2. The van der Waals surface area contributed by atoms with E-state index in [9.17, 15) is 0 Å². The fourth-order valence-corrected chi connectivity index (χ4v) is 2.88. The second-order valence-corrected chi connectivity index (χ2v) is 4.97. The van der Waals surface area contributed by atoms with Crippen molar-refractivity contribution in [1.29, 1.82) is 0 Å². The van der Waals surface area contributed by atoms with Crippen LogP contribution in [0.15, 0.2) is 0 Å². The van der Waals surface area contributed by atoms with Crippen molar-refractivity contribution >= 4 is 17.6 Å². The molecule has 0 saturated carbocycles. The number of fused-ring (bicyclic) bond motifs is 1. The third-order valence-electron chi connectivity index (χ3n) is 2.58. The van der Waals surface area contributed by atoms with E-state index in [1.165, 1.54) is 17.0 Å². The van der Waals surface area contributed by atoms with Gasteiger partial charge >= 0.3 is 0 Å². The maximum atomic E-state index is 4.60. The minimum Gasteiger partial charge on any atom is -0.371 e. The lowest BCUT2D eigenvalue weighted by molar-refractivity contribution is 0.517. The van der Waals surface area contributed by atoms with Gasteiger partial charge in [0, 0.05) is 24.4 Å². The third-order valence-corrected chi connectivity index (χ3v) is 3.55. The minimum absolute atomic E-state index is 0.463. The van der Waals surface area contributed by atoms with Crippen LogP contribution in [0, 0.1) is 0 Å². The minimum atomic E-state index is 0.463. The Hall–Kier alpha value is -0.640. The van der Waals surface area contributed by atoms with Crippen LogP contribution < -0.4 is 5.32 Å². The molecule has 78 valence electrons. The van der Waals surface area contributed by atoms with Crippen LogP contribution in [0.1, 0.15) is 31.1 Å². The highest BCUT2D eigenvalue weighted by atomic mass is 32.2. The van der Waals surface area contributed by atoms with E-state index in [1.54, 1.807) is 0 Å². The number of nitrogens with zero attached hydrogens (tertiary/aromatic N) is 2. The van der Waals surface area contributed by atoms with Crippen LogP contribution in [0.3, 0.4) is 0 Å². The molecule has 14 heavy (non-hydrogen) atoms. The average Bonchev–Trinajstić information content (AvgIpc) is 2.56. The van der Waals surface area contributed by atoms with Gasteiger partial charge < -0.3 is 5.32 Å². The summed E-state index contributed by atoms with van der Waals surface area (Å²) in [5.74, 6) is 3.42. The molecule has 2 heterocycles. The lowest BCUT2D eigenvalue weighted by Crippen LogP contribution is -2.10. The van der Waals surface area contributed by atoms with Crippen molar-refractivity contribution in [2.24, 2.45) is 0 Å². The molecule has 0 fully saturated rings. The van der Waals surface area contributed by atoms with Gasteiger partial charge in [-0.1, -0.05) is 0 Å². The summed E-state index contributed by atoms with van der Waals surface area (Å²) in [6.07, 6.45) is 1.16. The molecule has 1 aromatic heterocycles. The Balaban J connectivity index is 2.46. The summed E-state index contributed by atoms with van der Waals surface area (Å²) in [7, 11) is 1.95. The molecule has 0 saturated heterocycles. The van der Waals surface area contributed by atoms with E-state index in [2.05, 4.69) is 28.9 Å². The first-order chi connectivity index (χ1) is 6.74. The van der Waals surface area contributed by atoms with Crippen molar-refractivity contribution in [3.63, 3.8) is 0 Å². The molecule has 0 unspecified atom stereocenters. The van der Waals surface area contributed by atoms with Gasteiger partial charge in [0.05, 0.1) is 5.69 Å². The first-order valence-electron chi connectivity index (χ1n) is 5.09. The van der Waals surface area contributed by atoms with E-state index in [0.717, 1.165) is 18.0 Å². The Morgan fingerprint density at radius 2 is 2.29 bits per heavy atom. The molecular formula is C10H17N3S. The fraction of sp³-hybridized carbons (Fsp3) is 0.700. The zero-order chi connectivity index (χ0) is 10.1. The van der Waals surface area contributed by atoms with Crippen LogP contribution in [-0.4, -0.2) is 22.6 Å². The average molecular weight is 211 g/mol. The quantitative estimate of drug-likeness (QED) is 0.814. The van der Waals surface area contributed by atoms with E-state index in [0.29, 0.717) is 6.04 Å². The molecule has 0 bridgehead atoms. The highest BCUT2D eigenvalue weighted by Crippen LogP contribution is 2.31. The van der Waals surface area contributed by atoms with Crippen molar-refractivity contribution < 1.29 is 0 Å². The Kier molecular flexibility index (Phi) is 2.72. The monoisotopic (exact) mass is 211 g/mol. The molecule has 1 aliphatic rings. The van der Waals surface area contributed by atoms with E-state index in [4.69, 9.17) is 0 Å². The van der Waals surface area contributed by atoms with Gasteiger partial charge in [-0.2, -0.15) is 16.9 Å². The summed E-state index contributed by atoms with van der Waals surface area (Å²) in [5, 5.41) is 7.79. The normalized spacial score (nSPS) is 15.7. The number of rotatable bonds is 2. The number of hydrogen-bond acceptors (Lipinski definition) is 3. The SMILES string of the molecule is CNc1nn(C(C)C)c2c1CCSC2. The summed E-state index contributed by atoms with van der Waals surface area (Å²) in [4.78, 5) is 0. The molecule has 1 aliphatic heterocycles. The Labute approximate surface area is 89.3 Å². The van der Waals surface area contributed by atoms with E-state index in [1.807, 2.05) is 18.8 Å². The maximum Gasteiger partial charge on any atom is 0.151 e. The molecule has 2 rings (SSSR count). The summed E-state index contributed by atoms with van der Waals surface area (Å²) >= 11 is 2.00. The fourth-order valence-electron chi connectivity index (χ4n) is 1.89. The third kappa shape index (κ3) is 1.52. The first kappa shape index (κ1) is 9.90. The van der Waals surface area contributed by atoms with Crippen LogP contribution in [0.5, 0.6) is 0 Å². The summed E-state index contributed by atoms with van der Waals surface area (Å²) in [6, 6.07) is 0.463. The molecule has 1 N–H and O–H groups in total. The van der Waals surface area contributed by atoms with Crippen molar-refractivity contribution in [3.8, 4) is 0 Å². The van der Waals surface area contributed by atoms with E-state index >= 15 is 0 Å². The molecule has 0 atom stereocenters. The largest absolute Gasteiger partial charge is 0.371 e. The summed E-state index contributed by atoms with van der Waals surface area (Å²) < 4.78 is 2.16. The molecule has 0 aliphatic carbocycles. The Bertz CT molecular complexity index is 330. The zero-order valence-electron chi connectivity index (χ0n) is 9.00. The first-order valence-corrected chi connectivity index (χ1v) is 6.25. The Morgan fingerprint density at radius 3 is 2.93 bits per heavy atom. The van der Waals surface area contributed by atoms with Crippen molar-refractivity contribution in [3.05, 3.63) is 11.3 Å². The van der Waals surface area contributed by atoms with E-state index in [-0.39, 0.29) is 0 Å². The van der Waals surface area contributed by atoms with Crippen molar-refractivity contribution in [1.82, 2.24) is 9.78 Å². The predicted molar refractivity (Wildman–Crippen MR) is 62.0 cm³/mol. The van der Waals surface area contributed by atoms with Crippen LogP contribution in [0.2, 0.25) is 0 Å². The smallest absolute Gasteiger partial charge is 0.151 e. The maximum absolute atomic E-state index is 4.60. The van der Waals surface area contributed by atoms with Crippen LogP contribution >= 0.6 is 11.8 Å². The van der Waals surface area contributed by atoms with E-state index < -0.39 is 0 Å². The van der Waals surface area contributed by atoms with Gasteiger partial charge in [0.1, 0.15) is 0 Å². The van der Waals surface area contributed by atoms with Gasteiger partial charge in [0.25, 0.3) is 0 Å². The lowest BCUT2D eigenvalue weighted by atomic mass is 10.2. The topological polar surface area (TPSA) is 29.9 Å². The molecule has 0 radical (unpaired) electrons. The number of anilines is 1. The lowest BCUT2D eigenvalue weighted by Gasteiger charge is -2.15. The number of hydrogen-bond donors (Lipinski definition) is 1. The summed E-state index contributed by atoms with van der Waals surface area (Å²) in [5.41, 5.74) is 2.85.